The molecule has 0 radical (unpaired) electrons. The molecule has 90 valence electrons. The number of hydrogen-bond acceptors (Lipinski definition) is 2. The van der Waals surface area contributed by atoms with Crippen molar-refractivity contribution in [3.05, 3.63) is 21.8 Å². The Morgan fingerprint density at radius 2 is 1.62 bits per heavy atom. The summed E-state index contributed by atoms with van der Waals surface area (Å²) in [6, 6.07) is 2.95. The van der Waals surface area contributed by atoms with Gasteiger partial charge in [0, 0.05) is 9.64 Å². The summed E-state index contributed by atoms with van der Waals surface area (Å²) in [6.07, 6.45) is -4.87. The van der Waals surface area contributed by atoms with Gasteiger partial charge in [0.05, 0.1) is 0 Å². The molecule has 0 aliphatic heterocycles. The maximum atomic E-state index is 11.9. The monoisotopic (exact) mass is 354 g/mol. The first-order valence-electron chi connectivity index (χ1n) is 3.77. The summed E-state index contributed by atoms with van der Waals surface area (Å²) in [5, 5.41) is 0. The molecule has 0 spiro atoms. The molecule has 0 bridgehead atoms. The van der Waals surface area contributed by atoms with Crippen molar-refractivity contribution >= 4 is 22.6 Å². The Morgan fingerprint density at radius 1 is 1.06 bits per heavy atom. The van der Waals surface area contributed by atoms with Crippen LogP contribution in [0, 0.1) is 3.57 Å². The standard InChI is InChI=1S/C8H4F5IO2/c9-7(10)15-5-1-4(14)2-6(3-5)16-8(11,12)13/h1-3,7H. The Labute approximate surface area is 100 Å². The second kappa shape index (κ2) is 5.02. The van der Waals surface area contributed by atoms with Crippen molar-refractivity contribution in [3.63, 3.8) is 0 Å². The van der Waals surface area contributed by atoms with E-state index in [9.17, 15) is 22.0 Å². The van der Waals surface area contributed by atoms with Crippen LogP contribution in [-0.2, 0) is 0 Å². The van der Waals surface area contributed by atoms with Gasteiger partial charge in [0.1, 0.15) is 11.5 Å². The zero-order valence-corrected chi connectivity index (χ0v) is 9.55. The van der Waals surface area contributed by atoms with E-state index >= 15 is 0 Å². The molecule has 0 amide bonds. The van der Waals surface area contributed by atoms with Crippen LogP contribution in [0.25, 0.3) is 0 Å². The van der Waals surface area contributed by atoms with Crippen molar-refractivity contribution in [3.8, 4) is 11.5 Å². The van der Waals surface area contributed by atoms with Crippen LogP contribution in [0.2, 0.25) is 0 Å². The quantitative estimate of drug-likeness (QED) is 0.608. The molecule has 0 aromatic heterocycles. The molecule has 0 fully saturated rings. The third kappa shape index (κ3) is 4.81. The Kier molecular flexibility index (Phi) is 4.16. The van der Waals surface area contributed by atoms with E-state index in [2.05, 4.69) is 9.47 Å². The normalized spacial score (nSPS) is 11.7. The average molecular weight is 354 g/mol. The average Bonchev–Trinajstić information content (AvgIpc) is 1.96. The van der Waals surface area contributed by atoms with Gasteiger partial charge < -0.3 is 9.47 Å². The zero-order valence-electron chi connectivity index (χ0n) is 7.39. The van der Waals surface area contributed by atoms with E-state index in [0.29, 0.717) is 0 Å². The molecule has 1 aromatic rings. The van der Waals surface area contributed by atoms with Crippen molar-refractivity contribution in [2.45, 2.75) is 13.0 Å². The predicted octanol–water partition coefficient (Wildman–Crippen LogP) is 3.79. The summed E-state index contributed by atoms with van der Waals surface area (Å²) in [6.45, 7) is -3.10. The van der Waals surface area contributed by atoms with E-state index in [4.69, 9.17) is 0 Å². The molecule has 2 nitrogen and oxygen atoms in total. The Morgan fingerprint density at radius 3 is 2.12 bits per heavy atom. The first-order valence-corrected chi connectivity index (χ1v) is 4.85. The predicted molar refractivity (Wildman–Crippen MR) is 52.5 cm³/mol. The maximum Gasteiger partial charge on any atom is 0.573 e. The molecule has 0 heterocycles. The van der Waals surface area contributed by atoms with E-state index in [1.54, 1.807) is 22.6 Å². The van der Waals surface area contributed by atoms with E-state index in [0.717, 1.165) is 18.2 Å². The Balaban J connectivity index is 2.90. The van der Waals surface area contributed by atoms with Gasteiger partial charge >= 0.3 is 13.0 Å². The van der Waals surface area contributed by atoms with E-state index < -0.39 is 18.7 Å². The van der Waals surface area contributed by atoms with Gasteiger partial charge in [-0.25, -0.2) is 0 Å². The minimum atomic E-state index is -4.87. The molecule has 0 aliphatic rings. The van der Waals surface area contributed by atoms with Crippen molar-refractivity contribution in [2.24, 2.45) is 0 Å². The van der Waals surface area contributed by atoms with Crippen LogP contribution in [0.5, 0.6) is 11.5 Å². The number of ether oxygens (including phenoxy) is 2. The number of rotatable bonds is 3. The number of benzene rings is 1. The molecule has 1 aromatic carbocycles. The summed E-state index contributed by atoms with van der Waals surface area (Å²) in [5.74, 6) is -0.990. The van der Waals surface area contributed by atoms with Gasteiger partial charge in [0.2, 0.25) is 0 Å². The first kappa shape index (κ1) is 13.3. The second-order valence-electron chi connectivity index (χ2n) is 2.55. The smallest absolute Gasteiger partial charge is 0.435 e. The highest BCUT2D eigenvalue weighted by molar-refractivity contribution is 14.1. The molecule has 16 heavy (non-hydrogen) atoms. The van der Waals surface area contributed by atoms with Gasteiger partial charge in [-0.2, -0.15) is 8.78 Å². The van der Waals surface area contributed by atoms with Crippen molar-refractivity contribution in [2.75, 3.05) is 0 Å². The van der Waals surface area contributed by atoms with Gasteiger partial charge in [0.25, 0.3) is 0 Å². The fraction of sp³-hybridized carbons (Fsp3) is 0.250. The summed E-state index contributed by atoms with van der Waals surface area (Å²) < 4.78 is 67.1. The fourth-order valence-electron chi connectivity index (χ4n) is 0.900. The lowest BCUT2D eigenvalue weighted by atomic mass is 10.3. The largest absolute Gasteiger partial charge is 0.573 e. The first-order chi connectivity index (χ1) is 7.26. The van der Waals surface area contributed by atoms with E-state index in [1.807, 2.05) is 0 Å². The molecule has 8 heteroatoms. The zero-order chi connectivity index (χ0) is 12.3. The molecule has 0 aliphatic carbocycles. The van der Waals surface area contributed by atoms with Crippen LogP contribution < -0.4 is 9.47 Å². The Hall–Kier alpha value is -0.800. The molecular weight excluding hydrogens is 350 g/mol. The third-order valence-corrected chi connectivity index (χ3v) is 1.93. The second-order valence-corrected chi connectivity index (χ2v) is 3.79. The van der Waals surface area contributed by atoms with E-state index in [1.165, 1.54) is 0 Å². The minimum Gasteiger partial charge on any atom is -0.435 e. The minimum absolute atomic E-state index is 0.287. The van der Waals surface area contributed by atoms with Crippen LogP contribution >= 0.6 is 22.6 Å². The number of alkyl halides is 5. The summed E-state index contributed by atoms with van der Waals surface area (Å²) in [5.41, 5.74) is 0. The van der Waals surface area contributed by atoms with Gasteiger partial charge in [-0.3, -0.25) is 0 Å². The number of halogens is 6. The van der Waals surface area contributed by atoms with Gasteiger partial charge in [-0.05, 0) is 34.7 Å². The lowest BCUT2D eigenvalue weighted by Gasteiger charge is -2.11. The molecular formula is C8H4F5IO2. The molecule has 0 unspecified atom stereocenters. The fourth-order valence-corrected chi connectivity index (χ4v) is 1.51. The highest BCUT2D eigenvalue weighted by Gasteiger charge is 2.31. The van der Waals surface area contributed by atoms with Crippen molar-refractivity contribution in [1.29, 1.82) is 0 Å². The summed E-state index contributed by atoms with van der Waals surface area (Å²) in [4.78, 5) is 0. The molecule has 1 rings (SSSR count). The maximum absolute atomic E-state index is 11.9. The highest BCUT2D eigenvalue weighted by Crippen LogP contribution is 2.29. The van der Waals surface area contributed by atoms with Gasteiger partial charge in [0.15, 0.2) is 0 Å². The lowest BCUT2D eigenvalue weighted by molar-refractivity contribution is -0.274. The number of hydrogen-bond donors (Lipinski definition) is 0. The van der Waals surface area contributed by atoms with E-state index in [-0.39, 0.29) is 9.32 Å². The van der Waals surface area contributed by atoms with Crippen LogP contribution in [0.4, 0.5) is 22.0 Å². The van der Waals surface area contributed by atoms with Crippen LogP contribution in [0.15, 0.2) is 18.2 Å². The summed E-state index contributed by atoms with van der Waals surface area (Å²) in [7, 11) is 0. The van der Waals surface area contributed by atoms with Gasteiger partial charge in [-0.1, -0.05) is 0 Å². The van der Waals surface area contributed by atoms with Gasteiger partial charge in [-0.15, -0.1) is 13.2 Å². The summed E-state index contributed by atoms with van der Waals surface area (Å²) >= 11 is 1.66. The molecule has 0 N–H and O–H groups in total. The topological polar surface area (TPSA) is 18.5 Å². The third-order valence-electron chi connectivity index (χ3n) is 1.30. The Bertz CT molecular complexity index is 366. The van der Waals surface area contributed by atoms with Crippen LogP contribution in [0.3, 0.4) is 0 Å². The van der Waals surface area contributed by atoms with Crippen molar-refractivity contribution in [1.82, 2.24) is 0 Å². The van der Waals surface area contributed by atoms with Crippen LogP contribution in [-0.4, -0.2) is 13.0 Å². The molecule has 0 saturated heterocycles. The molecule has 0 atom stereocenters. The highest BCUT2D eigenvalue weighted by atomic mass is 127. The molecule has 0 saturated carbocycles. The lowest BCUT2D eigenvalue weighted by Crippen LogP contribution is -2.17. The van der Waals surface area contributed by atoms with Crippen molar-refractivity contribution < 1.29 is 31.4 Å². The SMILES string of the molecule is FC(F)Oc1cc(I)cc(OC(F)(F)F)c1. The van der Waals surface area contributed by atoms with Crippen LogP contribution in [0.1, 0.15) is 0 Å².